The van der Waals surface area contributed by atoms with Crippen LogP contribution in [0.25, 0.3) is 120 Å². The third kappa shape index (κ3) is 4.60. The van der Waals surface area contributed by atoms with E-state index in [2.05, 4.69) is 158 Å². The maximum absolute atomic E-state index is 5.39. The molecule has 12 rings (SSSR count). The number of hydrogen-bond donors (Lipinski definition) is 0. The second-order valence-corrected chi connectivity index (χ2v) is 14.6. The lowest BCUT2D eigenvalue weighted by molar-refractivity contribution is 1.42. The minimum Gasteiger partial charge on any atom is -0.256 e. The van der Waals surface area contributed by atoms with E-state index >= 15 is 0 Å². The van der Waals surface area contributed by atoms with Gasteiger partial charge in [-0.25, -0.2) is 9.97 Å². The maximum atomic E-state index is 5.39. The van der Waals surface area contributed by atoms with Gasteiger partial charge in [0.25, 0.3) is 0 Å². The van der Waals surface area contributed by atoms with Crippen LogP contribution in [-0.4, -0.2) is 19.9 Å². The molecular weight excluding hydrogens is 681 g/mol. The van der Waals surface area contributed by atoms with Crippen molar-refractivity contribution in [1.29, 1.82) is 0 Å². The summed E-state index contributed by atoms with van der Waals surface area (Å²) < 4.78 is 0. The quantitative estimate of drug-likeness (QED) is 0.171. The molecule has 258 valence electrons. The SMILES string of the molecule is c1ccc(-c2nc3cc(-c4ccc(-c5nc6ccccc6c6c5ccc5ccc7cccnc7c56)cc4)ccc3c3c2ccc2ccc4cccnc4c23)cc1. The minimum absolute atomic E-state index is 0.952. The Morgan fingerprint density at radius 3 is 1.43 bits per heavy atom. The fraction of sp³-hybridized carbons (Fsp3) is 0. The second-order valence-electron chi connectivity index (χ2n) is 14.6. The van der Waals surface area contributed by atoms with Gasteiger partial charge in [-0.05, 0) is 46.2 Å². The van der Waals surface area contributed by atoms with Crippen molar-refractivity contribution in [3.8, 4) is 33.6 Å². The molecule has 0 bridgehead atoms. The van der Waals surface area contributed by atoms with Gasteiger partial charge in [-0.1, -0.05) is 146 Å². The summed E-state index contributed by atoms with van der Waals surface area (Å²) in [7, 11) is 0. The van der Waals surface area contributed by atoms with Crippen molar-refractivity contribution in [3.63, 3.8) is 0 Å². The van der Waals surface area contributed by atoms with Crippen molar-refractivity contribution in [3.05, 3.63) is 182 Å². The van der Waals surface area contributed by atoms with Crippen molar-refractivity contribution in [2.24, 2.45) is 0 Å². The number of para-hydroxylation sites is 1. The first-order chi connectivity index (χ1) is 27.8. The van der Waals surface area contributed by atoms with Crippen molar-refractivity contribution < 1.29 is 0 Å². The Balaban J connectivity index is 1.06. The first-order valence-electron chi connectivity index (χ1n) is 19.0. The molecule has 0 radical (unpaired) electrons. The summed E-state index contributed by atoms with van der Waals surface area (Å²) in [6.07, 6.45) is 3.78. The van der Waals surface area contributed by atoms with Crippen LogP contribution in [0.5, 0.6) is 0 Å². The molecule has 4 nitrogen and oxygen atoms in total. The lowest BCUT2D eigenvalue weighted by Gasteiger charge is -2.15. The standard InChI is InChI=1S/C52H30N4/c1-2-8-34(9-3-1)49-42-27-23-33-17-21-36-11-7-29-54-52(36)46(33)48(42)40-25-24-38(30-44(40)56-49)31-14-18-37(19-15-31)50-41-26-22-32-16-20-35-10-6-28-53-51(35)45(32)47(41)39-12-4-5-13-43(39)55-50/h1-30H. The fourth-order valence-corrected chi connectivity index (χ4v) is 8.88. The van der Waals surface area contributed by atoms with Crippen molar-refractivity contribution in [2.45, 2.75) is 0 Å². The third-order valence-electron chi connectivity index (χ3n) is 11.5. The monoisotopic (exact) mass is 710 g/mol. The van der Waals surface area contributed by atoms with Gasteiger partial charge in [0.1, 0.15) is 0 Å². The van der Waals surface area contributed by atoms with Crippen LogP contribution < -0.4 is 0 Å². The molecule has 0 spiro atoms. The van der Waals surface area contributed by atoms with Crippen LogP contribution in [0.4, 0.5) is 0 Å². The Morgan fingerprint density at radius 2 is 0.768 bits per heavy atom. The zero-order chi connectivity index (χ0) is 36.7. The normalized spacial score (nSPS) is 11.9. The summed E-state index contributed by atoms with van der Waals surface area (Å²) in [5, 5.41) is 13.8. The first kappa shape index (κ1) is 30.9. The Morgan fingerprint density at radius 1 is 0.286 bits per heavy atom. The molecule has 12 aromatic rings. The van der Waals surface area contributed by atoms with Crippen LogP contribution in [0.15, 0.2) is 182 Å². The second kappa shape index (κ2) is 12.0. The molecule has 4 heteroatoms. The third-order valence-corrected chi connectivity index (χ3v) is 11.5. The summed E-state index contributed by atoms with van der Waals surface area (Å²) in [5.74, 6) is 0. The van der Waals surface area contributed by atoms with Gasteiger partial charge in [0.15, 0.2) is 0 Å². The molecule has 0 saturated heterocycles. The first-order valence-corrected chi connectivity index (χ1v) is 19.0. The Bertz CT molecular complexity index is 3580. The van der Waals surface area contributed by atoms with Crippen LogP contribution in [0.3, 0.4) is 0 Å². The van der Waals surface area contributed by atoms with Gasteiger partial charge in [0.2, 0.25) is 0 Å². The smallest absolute Gasteiger partial charge is 0.0788 e. The number of pyridine rings is 4. The van der Waals surface area contributed by atoms with Gasteiger partial charge in [0, 0.05) is 77.4 Å². The van der Waals surface area contributed by atoms with Gasteiger partial charge in [0.05, 0.1) is 33.5 Å². The van der Waals surface area contributed by atoms with E-state index in [1.807, 2.05) is 24.5 Å². The molecule has 56 heavy (non-hydrogen) atoms. The lowest BCUT2D eigenvalue weighted by atomic mass is 9.92. The van der Waals surface area contributed by atoms with E-state index in [-0.39, 0.29) is 0 Å². The van der Waals surface area contributed by atoms with Crippen molar-refractivity contribution in [2.75, 3.05) is 0 Å². The molecular formula is C52H30N4. The average Bonchev–Trinajstić information content (AvgIpc) is 3.28. The summed E-state index contributed by atoms with van der Waals surface area (Å²) in [5.41, 5.74) is 10.3. The Labute approximate surface area is 321 Å². The zero-order valence-electron chi connectivity index (χ0n) is 30.1. The molecule has 4 aromatic heterocycles. The number of benzene rings is 8. The van der Waals surface area contributed by atoms with E-state index < -0.39 is 0 Å². The summed E-state index contributed by atoms with van der Waals surface area (Å²) in [6, 6.07) is 60.4. The molecule has 0 unspecified atom stereocenters. The van der Waals surface area contributed by atoms with Crippen LogP contribution in [-0.2, 0) is 0 Å². The van der Waals surface area contributed by atoms with Crippen LogP contribution in [0, 0.1) is 0 Å². The van der Waals surface area contributed by atoms with E-state index in [1.165, 1.54) is 26.9 Å². The molecule has 0 saturated carbocycles. The number of fused-ring (bicyclic) bond motifs is 14. The van der Waals surface area contributed by atoms with E-state index in [0.717, 1.165) is 93.4 Å². The van der Waals surface area contributed by atoms with E-state index in [9.17, 15) is 0 Å². The summed E-state index contributed by atoms with van der Waals surface area (Å²) in [4.78, 5) is 20.4. The number of nitrogens with zero attached hydrogens (tertiary/aromatic N) is 4. The van der Waals surface area contributed by atoms with E-state index in [4.69, 9.17) is 19.9 Å². The molecule has 0 aliphatic heterocycles. The van der Waals surface area contributed by atoms with E-state index in [0.29, 0.717) is 0 Å². The summed E-state index contributed by atoms with van der Waals surface area (Å²) in [6.45, 7) is 0. The lowest BCUT2D eigenvalue weighted by Crippen LogP contribution is -1.93. The predicted molar refractivity (Wildman–Crippen MR) is 234 cm³/mol. The molecule has 0 fully saturated rings. The highest BCUT2D eigenvalue weighted by molar-refractivity contribution is 6.29. The van der Waals surface area contributed by atoms with E-state index in [1.54, 1.807) is 0 Å². The van der Waals surface area contributed by atoms with Gasteiger partial charge in [-0.2, -0.15) is 0 Å². The molecule has 0 aliphatic rings. The van der Waals surface area contributed by atoms with Crippen LogP contribution in [0.1, 0.15) is 0 Å². The highest BCUT2D eigenvalue weighted by Crippen LogP contribution is 2.42. The highest BCUT2D eigenvalue weighted by Gasteiger charge is 2.18. The van der Waals surface area contributed by atoms with Gasteiger partial charge < -0.3 is 0 Å². The van der Waals surface area contributed by atoms with Crippen LogP contribution in [0.2, 0.25) is 0 Å². The number of hydrogen-bond acceptors (Lipinski definition) is 4. The molecule has 8 aromatic carbocycles. The zero-order valence-corrected chi connectivity index (χ0v) is 30.1. The average molecular weight is 711 g/mol. The van der Waals surface area contributed by atoms with Crippen molar-refractivity contribution in [1.82, 2.24) is 19.9 Å². The highest BCUT2D eigenvalue weighted by atomic mass is 14.7. The Kier molecular flexibility index (Phi) is 6.60. The van der Waals surface area contributed by atoms with Gasteiger partial charge >= 0.3 is 0 Å². The van der Waals surface area contributed by atoms with Crippen molar-refractivity contribution >= 4 is 86.7 Å². The maximum Gasteiger partial charge on any atom is 0.0788 e. The minimum atomic E-state index is 0.952. The van der Waals surface area contributed by atoms with Crippen LogP contribution >= 0.6 is 0 Å². The number of aromatic nitrogens is 4. The molecule has 0 amide bonds. The number of rotatable bonds is 3. The molecule has 0 aliphatic carbocycles. The Hall–Kier alpha value is -7.56. The summed E-state index contributed by atoms with van der Waals surface area (Å²) >= 11 is 0. The van der Waals surface area contributed by atoms with Gasteiger partial charge in [-0.3, -0.25) is 9.97 Å². The topological polar surface area (TPSA) is 51.6 Å². The molecule has 4 heterocycles. The largest absolute Gasteiger partial charge is 0.256 e. The van der Waals surface area contributed by atoms with Gasteiger partial charge in [-0.15, -0.1) is 0 Å². The predicted octanol–water partition coefficient (Wildman–Crippen LogP) is 13.5. The molecule has 0 N–H and O–H groups in total. The molecule has 0 atom stereocenters. The fourth-order valence-electron chi connectivity index (χ4n) is 8.88.